The van der Waals surface area contributed by atoms with Crippen LogP contribution in [-0.2, 0) is 0 Å². The van der Waals surface area contributed by atoms with E-state index >= 15 is 0 Å². The van der Waals surface area contributed by atoms with Gasteiger partial charge in [-0.3, -0.25) is 0 Å². The number of hydrogen-bond acceptors (Lipinski definition) is 1. The van der Waals surface area contributed by atoms with E-state index in [2.05, 4.69) is 27.7 Å². The average molecular weight is 171 g/mol. The molecule has 1 heteroatoms. The molecule has 0 amide bonds. The van der Waals surface area contributed by atoms with Crippen molar-refractivity contribution in [1.82, 2.24) is 0 Å². The number of hydrogen-bond donors (Lipinski definition) is 1. The molecule has 0 saturated carbocycles. The molecule has 0 heterocycles. The Bertz CT molecular complexity index is 99.2. The monoisotopic (exact) mass is 171 g/mol. The lowest BCUT2D eigenvalue weighted by Crippen LogP contribution is -2.12. The summed E-state index contributed by atoms with van der Waals surface area (Å²) in [6.45, 7) is 10.0. The molecule has 0 aromatic heterocycles. The Morgan fingerprint density at radius 2 is 1.42 bits per heavy atom. The second-order valence-corrected chi connectivity index (χ2v) is 4.65. The van der Waals surface area contributed by atoms with Crippen LogP contribution in [0.2, 0.25) is 0 Å². The topological polar surface area (TPSA) is 26.0 Å². The lowest BCUT2D eigenvalue weighted by atomic mass is 9.91. The maximum absolute atomic E-state index is 5.56. The van der Waals surface area contributed by atoms with Crippen LogP contribution in [0.25, 0.3) is 0 Å². The Morgan fingerprint density at radius 3 is 1.83 bits per heavy atom. The van der Waals surface area contributed by atoms with Crippen molar-refractivity contribution in [3.63, 3.8) is 0 Å². The fourth-order valence-electron chi connectivity index (χ4n) is 1.61. The van der Waals surface area contributed by atoms with Crippen molar-refractivity contribution in [2.24, 2.45) is 23.5 Å². The highest BCUT2D eigenvalue weighted by molar-refractivity contribution is 4.60. The fraction of sp³-hybridized carbons (Fsp3) is 1.00. The second-order valence-electron chi connectivity index (χ2n) is 4.65. The van der Waals surface area contributed by atoms with Crippen LogP contribution in [0.15, 0.2) is 0 Å². The van der Waals surface area contributed by atoms with Crippen molar-refractivity contribution in [2.45, 2.75) is 47.0 Å². The van der Waals surface area contributed by atoms with Gasteiger partial charge in [0.1, 0.15) is 0 Å². The summed E-state index contributed by atoms with van der Waals surface area (Å²) in [7, 11) is 0. The lowest BCUT2D eigenvalue weighted by molar-refractivity contribution is 0.375. The van der Waals surface area contributed by atoms with E-state index in [0.29, 0.717) is 5.92 Å². The molecule has 0 aliphatic carbocycles. The summed E-state index contributed by atoms with van der Waals surface area (Å²) in [5.74, 6) is 2.42. The van der Waals surface area contributed by atoms with Crippen molar-refractivity contribution >= 4 is 0 Å². The van der Waals surface area contributed by atoms with Crippen LogP contribution in [0.3, 0.4) is 0 Å². The molecule has 0 saturated heterocycles. The first-order valence-electron chi connectivity index (χ1n) is 5.26. The van der Waals surface area contributed by atoms with Gasteiger partial charge in [-0.05, 0) is 37.1 Å². The zero-order valence-corrected chi connectivity index (χ0v) is 9.14. The predicted molar refractivity (Wildman–Crippen MR) is 56.1 cm³/mol. The van der Waals surface area contributed by atoms with Crippen LogP contribution in [0.4, 0.5) is 0 Å². The number of rotatable bonds is 6. The minimum Gasteiger partial charge on any atom is -0.330 e. The SMILES string of the molecule is CC(C)CC(C)CC[C@@H](C)CN. The van der Waals surface area contributed by atoms with Crippen LogP contribution >= 0.6 is 0 Å². The third-order valence-corrected chi connectivity index (χ3v) is 2.43. The van der Waals surface area contributed by atoms with Gasteiger partial charge < -0.3 is 5.73 Å². The first kappa shape index (κ1) is 12.0. The summed E-state index contributed by atoms with van der Waals surface area (Å²) < 4.78 is 0. The van der Waals surface area contributed by atoms with Crippen molar-refractivity contribution in [3.05, 3.63) is 0 Å². The molecule has 2 N–H and O–H groups in total. The van der Waals surface area contributed by atoms with E-state index in [0.717, 1.165) is 18.4 Å². The first-order chi connectivity index (χ1) is 5.56. The molecule has 0 rings (SSSR count). The summed E-state index contributed by atoms with van der Waals surface area (Å²) in [4.78, 5) is 0. The van der Waals surface area contributed by atoms with Crippen molar-refractivity contribution in [3.8, 4) is 0 Å². The summed E-state index contributed by atoms with van der Waals surface area (Å²) >= 11 is 0. The Morgan fingerprint density at radius 1 is 0.917 bits per heavy atom. The molecule has 1 nitrogen and oxygen atoms in total. The number of nitrogens with two attached hydrogens (primary N) is 1. The molecule has 0 fully saturated rings. The van der Waals surface area contributed by atoms with E-state index < -0.39 is 0 Å². The first-order valence-corrected chi connectivity index (χ1v) is 5.26. The summed E-state index contributed by atoms with van der Waals surface area (Å²) in [5, 5.41) is 0. The van der Waals surface area contributed by atoms with E-state index in [-0.39, 0.29) is 0 Å². The fourth-order valence-corrected chi connectivity index (χ4v) is 1.61. The van der Waals surface area contributed by atoms with E-state index in [4.69, 9.17) is 5.73 Å². The van der Waals surface area contributed by atoms with Crippen LogP contribution < -0.4 is 5.73 Å². The van der Waals surface area contributed by atoms with Gasteiger partial charge >= 0.3 is 0 Å². The maximum atomic E-state index is 5.56. The van der Waals surface area contributed by atoms with Gasteiger partial charge in [0.05, 0.1) is 0 Å². The summed E-state index contributed by atoms with van der Waals surface area (Å²) in [6.07, 6.45) is 4.00. The van der Waals surface area contributed by atoms with Crippen LogP contribution in [-0.4, -0.2) is 6.54 Å². The molecule has 0 radical (unpaired) electrons. The Labute approximate surface area is 77.7 Å². The Balaban J connectivity index is 3.36. The van der Waals surface area contributed by atoms with Crippen molar-refractivity contribution < 1.29 is 0 Å². The molecule has 0 bridgehead atoms. The van der Waals surface area contributed by atoms with Gasteiger partial charge in [-0.2, -0.15) is 0 Å². The predicted octanol–water partition coefficient (Wildman–Crippen LogP) is 3.04. The summed E-state index contributed by atoms with van der Waals surface area (Å²) in [6, 6.07) is 0. The molecule has 74 valence electrons. The molecule has 2 atom stereocenters. The molecular weight excluding hydrogens is 146 g/mol. The van der Waals surface area contributed by atoms with Gasteiger partial charge in [-0.15, -0.1) is 0 Å². The van der Waals surface area contributed by atoms with Gasteiger partial charge in [0, 0.05) is 0 Å². The molecule has 0 aromatic rings. The third-order valence-electron chi connectivity index (χ3n) is 2.43. The molecule has 1 unspecified atom stereocenters. The normalized spacial score (nSPS) is 16.5. The zero-order chi connectivity index (χ0) is 9.56. The van der Waals surface area contributed by atoms with Gasteiger partial charge in [0.2, 0.25) is 0 Å². The Hall–Kier alpha value is -0.0400. The van der Waals surface area contributed by atoms with Crippen LogP contribution in [0.1, 0.15) is 47.0 Å². The quantitative estimate of drug-likeness (QED) is 0.653. The summed E-state index contributed by atoms with van der Waals surface area (Å²) in [5.41, 5.74) is 5.56. The lowest BCUT2D eigenvalue weighted by Gasteiger charge is -2.15. The highest BCUT2D eigenvalue weighted by Crippen LogP contribution is 2.18. The van der Waals surface area contributed by atoms with Gasteiger partial charge in [0.15, 0.2) is 0 Å². The third kappa shape index (κ3) is 6.66. The van der Waals surface area contributed by atoms with Crippen LogP contribution in [0, 0.1) is 17.8 Å². The highest BCUT2D eigenvalue weighted by atomic mass is 14.5. The van der Waals surface area contributed by atoms with E-state index in [1.807, 2.05) is 0 Å². The smallest absolute Gasteiger partial charge is 0.00515 e. The second kappa shape index (κ2) is 6.47. The molecule has 0 spiro atoms. The average Bonchev–Trinajstić information content (AvgIpc) is 1.99. The molecule has 0 aliphatic heterocycles. The highest BCUT2D eigenvalue weighted by Gasteiger charge is 2.06. The van der Waals surface area contributed by atoms with Crippen molar-refractivity contribution in [2.75, 3.05) is 6.54 Å². The molecule has 0 aliphatic rings. The standard InChI is InChI=1S/C11H25N/c1-9(2)7-10(3)5-6-11(4)8-12/h9-11H,5-8,12H2,1-4H3/t10?,11-/m1/s1. The molecule has 12 heavy (non-hydrogen) atoms. The molecule has 0 aromatic carbocycles. The van der Waals surface area contributed by atoms with E-state index in [1.54, 1.807) is 0 Å². The van der Waals surface area contributed by atoms with Gasteiger partial charge in [-0.1, -0.05) is 34.1 Å². The van der Waals surface area contributed by atoms with Crippen LogP contribution in [0.5, 0.6) is 0 Å². The minimum absolute atomic E-state index is 0.708. The molecular formula is C11H25N. The zero-order valence-electron chi connectivity index (χ0n) is 9.14. The van der Waals surface area contributed by atoms with E-state index in [9.17, 15) is 0 Å². The minimum atomic E-state index is 0.708. The largest absolute Gasteiger partial charge is 0.330 e. The Kier molecular flexibility index (Phi) is 6.45. The van der Waals surface area contributed by atoms with Gasteiger partial charge in [-0.25, -0.2) is 0 Å². The van der Waals surface area contributed by atoms with E-state index in [1.165, 1.54) is 19.3 Å². The van der Waals surface area contributed by atoms with Crippen molar-refractivity contribution in [1.29, 1.82) is 0 Å². The maximum Gasteiger partial charge on any atom is -0.00515 e. The van der Waals surface area contributed by atoms with Gasteiger partial charge in [0.25, 0.3) is 0 Å².